The third-order valence-electron chi connectivity index (χ3n) is 3.53. The van der Waals surface area contributed by atoms with E-state index >= 15 is 0 Å². The maximum atomic E-state index is 11.9. The summed E-state index contributed by atoms with van der Waals surface area (Å²) in [5.41, 5.74) is 0.485. The van der Waals surface area contributed by atoms with Gasteiger partial charge in [0.1, 0.15) is 0 Å². The average molecular weight is 328 g/mol. The van der Waals surface area contributed by atoms with Gasteiger partial charge in [0, 0.05) is 6.54 Å². The van der Waals surface area contributed by atoms with Gasteiger partial charge in [-0.25, -0.2) is 13.2 Å². The fraction of sp³-hybridized carbons (Fsp3) is 0.500. The van der Waals surface area contributed by atoms with Crippen molar-refractivity contribution < 1.29 is 22.7 Å². The van der Waals surface area contributed by atoms with Crippen LogP contribution in [0.3, 0.4) is 0 Å². The van der Waals surface area contributed by atoms with E-state index in [1.807, 2.05) is 0 Å². The third-order valence-corrected chi connectivity index (χ3v) is 5.37. The monoisotopic (exact) mass is 328 g/mol. The number of sulfone groups is 1. The van der Waals surface area contributed by atoms with Crippen LogP contribution in [0, 0.1) is 5.92 Å². The normalized spacial score (nSPS) is 19.5. The van der Waals surface area contributed by atoms with Crippen LogP contribution in [0.2, 0.25) is 0 Å². The number of hydrogen-bond acceptors (Lipinski definition) is 5. The molecule has 1 aromatic carbocycles. The summed E-state index contributed by atoms with van der Waals surface area (Å²) in [4.78, 5) is 11.9. The van der Waals surface area contributed by atoms with E-state index in [2.05, 4.69) is 10.6 Å². The maximum absolute atomic E-state index is 11.9. The second-order valence-electron chi connectivity index (χ2n) is 5.15. The summed E-state index contributed by atoms with van der Waals surface area (Å²) in [6, 6.07) is 4.75. The smallest absolute Gasteiger partial charge is 0.319 e. The zero-order valence-electron chi connectivity index (χ0n) is 12.6. The van der Waals surface area contributed by atoms with Crippen molar-refractivity contribution in [1.29, 1.82) is 0 Å². The van der Waals surface area contributed by atoms with Gasteiger partial charge in [-0.3, -0.25) is 0 Å². The number of rotatable bonds is 5. The van der Waals surface area contributed by atoms with Gasteiger partial charge in [0.25, 0.3) is 0 Å². The summed E-state index contributed by atoms with van der Waals surface area (Å²) in [7, 11) is 0.0763. The molecule has 1 heterocycles. The summed E-state index contributed by atoms with van der Waals surface area (Å²) >= 11 is 0. The first-order chi connectivity index (χ1) is 10.4. The van der Waals surface area contributed by atoms with E-state index in [9.17, 15) is 13.2 Å². The summed E-state index contributed by atoms with van der Waals surface area (Å²) in [6.45, 7) is 0.331. The van der Waals surface area contributed by atoms with E-state index in [1.165, 1.54) is 14.2 Å². The van der Waals surface area contributed by atoms with Gasteiger partial charge in [0.05, 0.1) is 31.4 Å². The number of hydrogen-bond donors (Lipinski definition) is 2. The lowest BCUT2D eigenvalue weighted by Gasteiger charge is -2.15. The number of nitrogens with one attached hydrogen (secondary N) is 2. The van der Waals surface area contributed by atoms with Crippen molar-refractivity contribution in [3.8, 4) is 11.5 Å². The first-order valence-corrected chi connectivity index (χ1v) is 8.73. The lowest BCUT2D eigenvalue weighted by molar-refractivity contribution is 0.250. The van der Waals surface area contributed by atoms with Crippen LogP contribution in [-0.2, 0) is 9.84 Å². The molecule has 1 aliphatic rings. The Labute approximate surface area is 129 Å². The van der Waals surface area contributed by atoms with Gasteiger partial charge in [-0.15, -0.1) is 0 Å². The number of methoxy groups -OCH3 is 2. The van der Waals surface area contributed by atoms with Gasteiger partial charge >= 0.3 is 6.03 Å². The van der Waals surface area contributed by atoms with E-state index in [-0.39, 0.29) is 17.4 Å². The van der Waals surface area contributed by atoms with Crippen molar-refractivity contribution in [2.45, 2.75) is 6.42 Å². The number of anilines is 1. The molecule has 1 aromatic rings. The summed E-state index contributed by atoms with van der Waals surface area (Å²) < 4.78 is 33.1. The van der Waals surface area contributed by atoms with Crippen LogP contribution < -0.4 is 20.1 Å². The molecule has 1 unspecified atom stereocenters. The molecule has 0 aromatic heterocycles. The second kappa shape index (κ2) is 6.87. The number of urea groups is 1. The van der Waals surface area contributed by atoms with Crippen LogP contribution in [0.1, 0.15) is 6.42 Å². The van der Waals surface area contributed by atoms with E-state index in [1.54, 1.807) is 18.2 Å². The Hall–Kier alpha value is -1.96. The van der Waals surface area contributed by atoms with Gasteiger partial charge in [0.2, 0.25) is 0 Å². The van der Waals surface area contributed by atoms with Crippen molar-refractivity contribution >= 4 is 21.6 Å². The van der Waals surface area contributed by atoms with E-state index in [0.717, 1.165) is 0 Å². The first-order valence-electron chi connectivity index (χ1n) is 6.91. The predicted molar refractivity (Wildman–Crippen MR) is 83.3 cm³/mol. The van der Waals surface area contributed by atoms with Crippen LogP contribution in [0.15, 0.2) is 18.2 Å². The Balaban J connectivity index is 1.92. The molecule has 1 fully saturated rings. The average Bonchev–Trinajstić information content (AvgIpc) is 2.84. The van der Waals surface area contributed by atoms with Gasteiger partial charge in [-0.05, 0) is 24.5 Å². The summed E-state index contributed by atoms with van der Waals surface area (Å²) in [6.07, 6.45) is 0.588. The number of carbonyl (C=O) groups is 1. The van der Waals surface area contributed by atoms with Gasteiger partial charge in [0.15, 0.2) is 21.3 Å². The molecule has 2 amide bonds. The van der Waals surface area contributed by atoms with Crippen LogP contribution in [0.5, 0.6) is 11.5 Å². The lowest BCUT2D eigenvalue weighted by atomic mass is 10.1. The largest absolute Gasteiger partial charge is 0.493 e. The molecule has 0 bridgehead atoms. The maximum Gasteiger partial charge on any atom is 0.319 e. The molecule has 122 valence electrons. The molecule has 0 radical (unpaired) electrons. The van der Waals surface area contributed by atoms with Crippen molar-refractivity contribution in [2.24, 2.45) is 5.92 Å². The Morgan fingerprint density at radius 1 is 1.32 bits per heavy atom. The Morgan fingerprint density at radius 2 is 2.09 bits per heavy atom. The fourth-order valence-corrected chi connectivity index (χ4v) is 4.28. The van der Waals surface area contributed by atoms with Crippen molar-refractivity contribution in [2.75, 3.05) is 37.6 Å². The number of ether oxygens (including phenoxy) is 2. The Bertz CT molecular complexity index is 645. The van der Waals surface area contributed by atoms with Crippen LogP contribution >= 0.6 is 0 Å². The van der Waals surface area contributed by atoms with Gasteiger partial charge in [-0.2, -0.15) is 0 Å². The molecule has 2 N–H and O–H groups in total. The number of amides is 2. The zero-order valence-corrected chi connectivity index (χ0v) is 13.4. The molecule has 0 aliphatic carbocycles. The van der Waals surface area contributed by atoms with E-state index in [4.69, 9.17) is 9.47 Å². The highest BCUT2D eigenvalue weighted by atomic mass is 32.2. The zero-order chi connectivity index (χ0) is 16.2. The first kappa shape index (κ1) is 16.4. The summed E-state index contributed by atoms with van der Waals surface area (Å²) in [5, 5.41) is 5.37. The van der Waals surface area contributed by atoms with Crippen LogP contribution in [-0.4, -0.2) is 46.7 Å². The molecule has 1 saturated heterocycles. The van der Waals surface area contributed by atoms with E-state index < -0.39 is 15.9 Å². The molecular weight excluding hydrogens is 308 g/mol. The van der Waals surface area contributed by atoms with Crippen LogP contribution in [0.4, 0.5) is 10.5 Å². The SMILES string of the molecule is COc1cccc(NC(=O)NCC2CCS(=O)(=O)C2)c1OC. The molecule has 22 heavy (non-hydrogen) atoms. The fourth-order valence-electron chi connectivity index (χ4n) is 2.42. The second-order valence-corrected chi connectivity index (χ2v) is 7.37. The third kappa shape index (κ3) is 4.03. The molecule has 1 aliphatic heterocycles. The number of para-hydroxylation sites is 1. The minimum Gasteiger partial charge on any atom is -0.493 e. The van der Waals surface area contributed by atoms with E-state index in [0.29, 0.717) is 30.2 Å². The van der Waals surface area contributed by atoms with Crippen molar-refractivity contribution in [3.05, 3.63) is 18.2 Å². The van der Waals surface area contributed by atoms with Gasteiger partial charge < -0.3 is 20.1 Å². The standard InChI is InChI=1S/C14H20N2O5S/c1-20-12-5-3-4-11(13(12)21-2)16-14(17)15-8-10-6-7-22(18,19)9-10/h3-5,10H,6-9H2,1-2H3,(H2,15,16,17). The highest BCUT2D eigenvalue weighted by Crippen LogP contribution is 2.34. The van der Waals surface area contributed by atoms with Crippen molar-refractivity contribution in [1.82, 2.24) is 5.32 Å². The molecule has 1 atom stereocenters. The Kier molecular flexibility index (Phi) is 5.12. The van der Waals surface area contributed by atoms with Crippen molar-refractivity contribution in [3.63, 3.8) is 0 Å². The lowest BCUT2D eigenvalue weighted by Crippen LogP contribution is -2.33. The minimum absolute atomic E-state index is 0.0250. The molecular formula is C14H20N2O5S. The molecule has 8 heteroatoms. The summed E-state index contributed by atoms with van der Waals surface area (Å²) in [5.74, 6) is 1.26. The Morgan fingerprint density at radius 3 is 2.68 bits per heavy atom. The van der Waals surface area contributed by atoms with Gasteiger partial charge in [-0.1, -0.05) is 6.07 Å². The number of carbonyl (C=O) groups excluding carboxylic acids is 1. The highest BCUT2D eigenvalue weighted by molar-refractivity contribution is 7.91. The molecule has 0 saturated carbocycles. The quantitative estimate of drug-likeness (QED) is 0.849. The molecule has 2 rings (SSSR count). The molecule has 0 spiro atoms. The highest BCUT2D eigenvalue weighted by Gasteiger charge is 2.28. The number of benzene rings is 1. The topological polar surface area (TPSA) is 93.7 Å². The minimum atomic E-state index is -2.93. The predicted octanol–water partition coefficient (Wildman–Crippen LogP) is 1.26. The van der Waals surface area contributed by atoms with Crippen LogP contribution in [0.25, 0.3) is 0 Å². The molecule has 7 nitrogen and oxygen atoms in total.